The predicted molar refractivity (Wildman–Crippen MR) is 169 cm³/mol. The van der Waals surface area contributed by atoms with E-state index < -0.39 is 35.8 Å². The van der Waals surface area contributed by atoms with Crippen LogP contribution in [0.1, 0.15) is 64.4 Å². The van der Waals surface area contributed by atoms with Crippen LogP contribution < -0.4 is 16.0 Å². The Labute approximate surface area is 260 Å². The van der Waals surface area contributed by atoms with E-state index in [1.165, 1.54) is 0 Å². The van der Waals surface area contributed by atoms with Gasteiger partial charge in [0.25, 0.3) is 0 Å². The van der Waals surface area contributed by atoms with Gasteiger partial charge in [0.1, 0.15) is 17.5 Å². The molecule has 0 unspecified atom stereocenters. The van der Waals surface area contributed by atoms with Gasteiger partial charge in [0.05, 0.1) is 18.7 Å². The van der Waals surface area contributed by atoms with Gasteiger partial charge in [0.15, 0.2) is 0 Å². The number of carbonyl (C=O) groups excluding carboxylic acids is 3. The summed E-state index contributed by atoms with van der Waals surface area (Å²) in [5.74, 6) is -0.869. The SMILES string of the molecule is CC[C@H](C)[C@H](NC(=O)[C@@H](Cc1ccccc1)C[C@H](O)[C@H](Cc1ccccc1)NC(=O)OC(C)(C)C)C(=O)NCc1ncc[nH]1. The topological polar surface area (TPSA) is 145 Å². The summed E-state index contributed by atoms with van der Waals surface area (Å²) in [5, 5.41) is 20.2. The number of alkyl carbamates (subject to hydrolysis) is 1. The normalized spacial score (nSPS) is 14.9. The van der Waals surface area contributed by atoms with E-state index in [0.717, 1.165) is 11.1 Å². The van der Waals surface area contributed by atoms with Crippen LogP contribution in [-0.2, 0) is 33.7 Å². The number of hydrogen-bond acceptors (Lipinski definition) is 6. The summed E-state index contributed by atoms with van der Waals surface area (Å²) in [6.07, 6.45) is 2.96. The molecule has 0 radical (unpaired) electrons. The zero-order valence-electron chi connectivity index (χ0n) is 26.4. The molecule has 0 spiro atoms. The van der Waals surface area contributed by atoms with E-state index >= 15 is 0 Å². The van der Waals surface area contributed by atoms with Crippen molar-refractivity contribution in [3.63, 3.8) is 0 Å². The molecule has 10 heteroatoms. The largest absolute Gasteiger partial charge is 0.444 e. The zero-order valence-corrected chi connectivity index (χ0v) is 26.4. The Morgan fingerprint density at radius 2 is 1.55 bits per heavy atom. The first kappa shape index (κ1) is 34.3. The Kier molecular flexibility index (Phi) is 13.0. The highest BCUT2D eigenvalue weighted by molar-refractivity contribution is 5.88. The molecule has 3 aromatic rings. The number of aliphatic hydroxyl groups excluding tert-OH is 1. The molecule has 238 valence electrons. The molecule has 2 aromatic carbocycles. The maximum atomic E-state index is 13.9. The highest BCUT2D eigenvalue weighted by Gasteiger charge is 2.33. The Bertz CT molecular complexity index is 1290. The lowest BCUT2D eigenvalue weighted by Crippen LogP contribution is -2.53. The molecule has 5 atom stereocenters. The Morgan fingerprint density at radius 3 is 2.09 bits per heavy atom. The van der Waals surface area contributed by atoms with E-state index in [1.807, 2.05) is 74.5 Å². The van der Waals surface area contributed by atoms with Crippen LogP contribution in [0.5, 0.6) is 0 Å². The van der Waals surface area contributed by atoms with Gasteiger partial charge in [-0.3, -0.25) is 9.59 Å². The molecule has 5 N–H and O–H groups in total. The first-order valence-electron chi connectivity index (χ1n) is 15.3. The molecule has 1 aromatic heterocycles. The predicted octanol–water partition coefficient (Wildman–Crippen LogP) is 4.30. The third-order valence-electron chi connectivity index (χ3n) is 7.46. The van der Waals surface area contributed by atoms with Crippen LogP contribution in [0.25, 0.3) is 0 Å². The summed E-state index contributed by atoms with van der Waals surface area (Å²) >= 11 is 0. The molecule has 10 nitrogen and oxygen atoms in total. The third kappa shape index (κ3) is 11.5. The number of hydrogen-bond donors (Lipinski definition) is 5. The van der Waals surface area contributed by atoms with Gasteiger partial charge in [-0.25, -0.2) is 9.78 Å². The number of amides is 3. The molecule has 44 heavy (non-hydrogen) atoms. The van der Waals surface area contributed by atoms with Crippen molar-refractivity contribution in [3.05, 3.63) is 90.0 Å². The fraction of sp³-hybridized carbons (Fsp3) is 0.471. The Hall–Kier alpha value is -4.18. The molecule has 0 aliphatic rings. The summed E-state index contributed by atoms with van der Waals surface area (Å²) in [6.45, 7) is 9.40. The molecule has 0 fully saturated rings. The van der Waals surface area contributed by atoms with E-state index in [4.69, 9.17) is 4.74 Å². The smallest absolute Gasteiger partial charge is 0.407 e. The number of aromatic nitrogens is 2. The van der Waals surface area contributed by atoms with Crippen LogP contribution >= 0.6 is 0 Å². The average Bonchev–Trinajstić information content (AvgIpc) is 3.51. The quantitative estimate of drug-likeness (QED) is 0.175. The standard InChI is InChI=1S/C34H47N5O5/c1-6-23(2)30(32(42)37-22-29-35-17-18-36-29)39-31(41)26(19-24-13-9-7-10-14-24)21-28(40)27(20-25-15-11-8-12-16-25)38-33(43)44-34(3,4)5/h7-18,23,26-28,30,40H,6,19-22H2,1-5H3,(H,35,36)(H,37,42)(H,38,43)(H,39,41)/t23-,26-,27-,28-,30-/m0/s1. The highest BCUT2D eigenvalue weighted by Crippen LogP contribution is 2.20. The van der Waals surface area contributed by atoms with E-state index in [0.29, 0.717) is 25.1 Å². The number of aromatic amines is 1. The Morgan fingerprint density at radius 1 is 0.932 bits per heavy atom. The molecule has 0 aliphatic carbocycles. The number of ether oxygens (including phenoxy) is 1. The van der Waals surface area contributed by atoms with Crippen molar-refractivity contribution in [2.24, 2.45) is 11.8 Å². The molecule has 1 heterocycles. The molecule has 0 saturated carbocycles. The first-order chi connectivity index (χ1) is 20.9. The van der Waals surface area contributed by atoms with Crippen LogP contribution in [0.2, 0.25) is 0 Å². The van der Waals surface area contributed by atoms with Crippen LogP contribution in [0.4, 0.5) is 4.79 Å². The highest BCUT2D eigenvalue weighted by atomic mass is 16.6. The molecule has 0 saturated heterocycles. The summed E-state index contributed by atoms with van der Waals surface area (Å²) in [4.78, 5) is 47.0. The van der Waals surface area contributed by atoms with Gasteiger partial charge in [-0.05, 0) is 57.1 Å². The van der Waals surface area contributed by atoms with Gasteiger partial charge in [0, 0.05) is 18.3 Å². The second kappa shape index (κ2) is 16.6. The van der Waals surface area contributed by atoms with Crippen LogP contribution in [0.3, 0.4) is 0 Å². The Balaban J connectivity index is 1.82. The molecule has 0 bridgehead atoms. The van der Waals surface area contributed by atoms with Crippen molar-refractivity contribution < 1.29 is 24.2 Å². The number of imidazole rings is 1. The van der Waals surface area contributed by atoms with Gasteiger partial charge in [-0.2, -0.15) is 0 Å². The van der Waals surface area contributed by atoms with Crippen molar-refractivity contribution in [3.8, 4) is 0 Å². The van der Waals surface area contributed by atoms with Crippen LogP contribution in [0, 0.1) is 11.8 Å². The number of aliphatic hydroxyl groups is 1. The lowest BCUT2D eigenvalue weighted by atomic mass is 9.88. The number of nitrogens with zero attached hydrogens (tertiary/aromatic N) is 1. The van der Waals surface area contributed by atoms with E-state index in [1.54, 1.807) is 33.2 Å². The minimum atomic E-state index is -1.09. The lowest BCUT2D eigenvalue weighted by Gasteiger charge is -2.30. The second-order valence-corrected chi connectivity index (χ2v) is 12.3. The average molecular weight is 606 g/mol. The number of carbonyl (C=O) groups is 3. The number of H-pyrrole nitrogens is 1. The number of nitrogens with one attached hydrogen (secondary N) is 4. The minimum absolute atomic E-state index is 0.0509. The van der Waals surface area contributed by atoms with Crippen LogP contribution in [-0.4, -0.2) is 56.8 Å². The van der Waals surface area contributed by atoms with Gasteiger partial charge in [-0.1, -0.05) is 80.9 Å². The summed E-state index contributed by atoms with van der Waals surface area (Å²) in [6, 6.07) is 17.6. The number of benzene rings is 2. The van der Waals surface area contributed by atoms with Gasteiger partial charge >= 0.3 is 6.09 Å². The lowest BCUT2D eigenvalue weighted by molar-refractivity contribution is -0.133. The molecular formula is C34H47N5O5. The zero-order chi connectivity index (χ0) is 32.1. The van der Waals surface area contributed by atoms with Crippen molar-refractivity contribution in [1.29, 1.82) is 0 Å². The van der Waals surface area contributed by atoms with E-state index in [2.05, 4.69) is 25.9 Å². The molecular weight excluding hydrogens is 558 g/mol. The monoisotopic (exact) mass is 605 g/mol. The molecule has 0 aliphatic heterocycles. The van der Waals surface area contributed by atoms with Crippen molar-refractivity contribution >= 4 is 17.9 Å². The van der Waals surface area contributed by atoms with Crippen molar-refractivity contribution in [2.45, 2.75) is 90.6 Å². The maximum Gasteiger partial charge on any atom is 0.407 e. The first-order valence-corrected chi connectivity index (χ1v) is 15.3. The molecule has 3 amide bonds. The van der Waals surface area contributed by atoms with Gasteiger partial charge < -0.3 is 30.8 Å². The second-order valence-electron chi connectivity index (χ2n) is 12.3. The van der Waals surface area contributed by atoms with Gasteiger partial charge in [-0.15, -0.1) is 0 Å². The summed E-state index contributed by atoms with van der Waals surface area (Å²) in [7, 11) is 0. The fourth-order valence-corrected chi connectivity index (χ4v) is 4.90. The van der Waals surface area contributed by atoms with Gasteiger partial charge in [0.2, 0.25) is 11.8 Å². The van der Waals surface area contributed by atoms with E-state index in [-0.39, 0.29) is 30.7 Å². The minimum Gasteiger partial charge on any atom is -0.444 e. The maximum absolute atomic E-state index is 13.9. The van der Waals surface area contributed by atoms with Crippen molar-refractivity contribution in [1.82, 2.24) is 25.9 Å². The molecule has 3 rings (SSSR count). The van der Waals surface area contributed by atoms with Crippen molar-refractivity contribution in [2.75, 3.05) is 0 Å². The van der Waals surface area contributed by atoms with E-state index in [9.17, 15) is 19.5 Å². The summed E-state index contributed by atoms with van der Waals surface area (Å²) < 4.78 is 5.48. The fourth-order valence-electron chi connectivity index (χ4n) is 4.90. The summed E-state index contributed by atoms with van der Waals surface area (Å²) in [5.41, 5.74) is 1.12. The third-order valence-corrected chi connectivity index (χ3v) is 7.46. The number of rotatable bonds is 15. The van der Waals surface area contributed by atoms with Crippen LogP contribution in [0.15, 0.2) is 73.1 Å².